The topological polar surface area (TPSA) is 43.8 Å². The molecule has 1 saturated heterocycles. The summed E-state index contributed by atoms with van der Waals surface area (Å²) < 4.78 is 0.939. The highest BCUT2D eigenvalue weighted by Crippen LogP contribution is 2.24. The molecule has 1 aromatic rings. The monoisotopic (exact) mass is 354 g/mol. The molecule has 0 radical (unpaired) electrons. The molecule has 0 bridgehead atoms. The summed E-state index contributed by atoms with van der Waals surface area (Å²) >= 11 is 3.36. The van der Waals surface area contributed by atoms with E-state index in [9.17, 15) is 9.90 Å². The van der Waals surface area contributed by atoms with Crippen molar-refractivity contribution >= 4 is 21.8 Å². The third-order valence-electron chi connectivity index (χ3n) is 3.91. The quantitative estimate of drug-likeness (QED) is 0.902. The lowest BCUT2D eigenvalue weighted by Gasteiger charge is -2.38. The summed E-state index contributed by atoms with van der Waals surface area (Å²) in [6, 6.07) is 7.47. The number of rotatable bonds is 4. The molecule has 0 aliphatic carbocycles. The molecule has 1 aliphatic rings. The van der Waals surface area contributed by atoms with Crippen LogP contribution < -0.4 is 0 Å². The van der Waals surface area contributed by atoms with Crippen LogP contribution in [0.25, 0.3) is 0 Å². The zero-order valence-corrected chi connectivity index (χ0v) is 14.2. The van der Waals surface area contributed by atoms with E-state index in [0.717, 1.165) is 36.8 Å². The summed E-state index contributed by atoms with van der Waals surface area (Å²) in [4.78, 5) is 16.6. The Morgan fingerprint density at radius 3 is 2.67 bits per heavy atom. The van der Waals surface area contributed by atoms with Crippen LogP contribution in [-0.4, -0.2) is 54.0 Å². The summed E-state index contributed by atoms with van der Waals surface area (Å²) in [5, 5.41) is 10.4. The van der Waals surface area contributed by atoms with Crippen molar-refractivity contribution in [1.82, 2.24) is 9.80 Å². The Kier molecular flexibility index (Phi) is 5.79. The number of likely N-dealkylation sites (N-methyl/N-ethyl adjacent to an activating group) is 1. The van der Waals surface area contributed by atoms with E-state index in [-0.39, 0.29) is 11.9 Å². The summed E-state index contributed by atoms with van der Waals surface area (Å²) in [7, 11) is 4.03. The number of hydrogen-bond acceptors (Lipinski definition) is 3. The Morgan fingerprint density at radius 2 is 2.05 bits per heavy atom. The number of halogens is 1. The highest BCUT2D eigenvalue weighted by molar-refractivity contribution is 9.10. The van der Waals surface area contributed by atoms with Crippen molar-refractivity contribution in [3.05, 3.63) is 34.3 Å². The molecule has 116 valence electrons. The molecule has 0 spiro atoms. The largest absolute Gasteiger partial charge is 0.378 e. The zero-order valence-electron chi connectivity index (χ0n) is 12.6. The van der Waals surface area contributed by atoms with E-state index in [2.05, 4.69) is 20.8 Å². The Bertz CT molecular complexity index is 476. The molecule has 0 saturated carbocycles. The predicted molar refractivity (Wildman–Crippen MR) is 87.0 cm³/mol. The second-order valence-electron chi connectivity index (χ2n) is 5.90. The maximum absolute atomic E-state index is 12.6. The smallest absolute Gasteiger partial charge is 0.256 e. The van der Waals surface area contributed by atoms with Gasteiger partial charge in [0, 0.05) is 23.6 Å². The van der Waals surface area contributed by atoms with Gasteiger partial charge in [0.15, 0.2) is 6.10 Å². The van der Waals surface area contributed by atoms with E-state index in [1.165, 1.54) is 0 Å². The van der Waals surface area contributed by atoms with E-state index >= 15 is 0 Å². The Labute approximate surface area is 134 Å². The van der Waals surface area contributed by atoms with Crippen LogP contribution in [0.15, 0.2) is 28.7 Å². The number of aliphatic hydroxyl groups is 1. The van der Waals surface area contributed by atoms with Crippen LogP contribution >= 0.6 is 15.9 Å². The van der Waals surface area contributed by atoms with Crippen molar-refractivity contribution in [3.63, 3.8) is 0 Å². The maximum atomic E-state index is 12.6. The number of amides is 1. The van der Waals surface area contributed by atoms with E-state index in [1.54, 1.807) is 12.1 Å². The molecule has 1 heterocycles. The number of likely N-dealkylation sites (tertiary alicyclic amines) is 1. The van der Waals surface area contributed by atoms with Crippen LogP contribution in [0.5, 0.6) is 0 Å². The number of benzene rings is 1. The Morgan fingerprint density at radius 1 is 1.38 bits per heavy atom. The number of carbonyl (C=O) groups is 1. The fourth-order valence-corrected chi connectivity index (χ4v) is 3.11. The first-order valence-electron chi connectivity index (χ1n) is 7.38. The van der Waals surface area contributed by atoms with Gasteiger partial charge < -0.3 is 14.9 Å². The lowest BCUT2D eigenvalue weighted by Crippen LogP contribution is -2.49. The van der Waals surface area contributed by atoms with Crippen LogP contribution in [0.2, 0.25) is 0 Å². The van der Waals surface area contributed by atoms with Crippen molar-refractivity contribution in [3.8, 4) is 0 Å². The summed E-state index contributed by atoms with van der Waals surface area (Å²) in [6.45, 7) is 1.59. The number of nitrogens with zero attached hydrogens (tertiary/aromatic N) is 2. The Balaban J connectivity index is 2.10. The average Bonchev–Trinajstić information content (AvgIpc) is 2.46. The average molecular weight is 355 g/mol. The molecule has 0 unspecified atom stereocenters. The molecular formula is C16H23BrN2O2. The van der Waals surface area contributed by atoms with E-state index in [1.807, 2.05) is 31.1 Å². The fourth-order valence-electron chi connectivity index (χ4n) is 2.85. The first kappa shape index (κ1) is 16.5. The molecular weight excluding hydrogens is 332 g/mol. The van der Waals surface area contributed by atoms with Crippen molar-refractivity contribution in [2.75, 3.05) is 27.2 Å². The molecule has 1 fully saturated rings. The second-order valence-corrected chi connectivity index (χ2v) is 6.81. The first-order chi connectivity index (χ1) is 9.99. The molecule has 0 aromatic heterocycles. The molecule has 4 nitrogen and oxygen atoms in total. The minimum atomic E-state index is -1.07. The van der Waals surface area contributed by atoms with Gasteiger partial charge in [0.25, 0.3) is 5.91 Å². The van der Waals surface area contributed by atoms with Crippen LogP contribution in [0.4, 0.5) is 0 Å². The van der Waals surface area contributed by atoms with Crippen LogP contribution in [0, 0.1) is 0 Å². The normalized spacial score (nSPS) is 20.6. The maximum Gasteiger partial charge on any atom is 0.256 e. The molecule has 1 amide bonds. The van der Waals surface area contributed by atoms with Gasteiger partial charge in [-0.05, 0) is 51.1 Å². The number of hydrogen-bond donors (Lipinski definition) is 1. The van der Waals surface area contributed by atoms with E-state index < -0.39 is 6.10 Å². The second kappa shape index (κ2) is 7.38. The molecule has 2 atom stereocenters. The van der Waals surface area contributed by atoms with Gasteiger partial charge in [-0.25, -0.2) is 0 Å². The van der Waals surface area contributed by atoms with Gasteiger partial charge in [0.05, 0.1) is 0 Å². The van der Waals surface area contributed by atoms with Crippen molar-refractivity contribution in [2.24, 2.45) is 0 Å². The van der Waals surface area contributed by atoms with Crippen molar-refractivity contribution in [1.29, 1.82) is 0 Å². The lowest BCUT2D eigenvalue weighted by molar-refractivity contribution is -0.144. The van der Waals surface area contributed by atoms with Crippen LogP contribution in [-0.2, 0) is 4.79 Å². The molecule has 1 N–H and O–H groups in total. The molecule has 5 heteroatoms. The zero-order chi connectivity index (χ0) is 15.4. The van der Waals surface area contributed by atoms with E-state index in [0.29, 0.717) is 5.56 Å². The SMILES string of the molecule is CN(C)C[C@H]1CCCCN1C(=O)[C@H](O)c1ccc(Br)cc1. The van der Waals surface area contributed by atoms with Gasteiger partial charge in [0.1, 0.15) is 0 Å². The van der Waals surface area contributed by atoms with Crippen LogP contribution in [0.3, 0.4) is 0 Å². The first-order valence-corrected chi connectivity index (χ1v) is 8.17. The molecule has 1 aromatic carbocycles. The summed E-state index contributed by atoms with van der Waals surface area (Å²) in [5.74, 6) is -0.177. The van der Waals surface area contributed by atoms with Gasteiger partial charge in [-0.2, -0.15) is 0 Å². The highest BCUT2D eigenvalue weighted by Gasteiger charge is 2.31. The number of carbonyl (C=O) groups excluding carboxylic acids is 1. The summed E-state index contributed by atoms with van der Waals surface area (Å²) in [5.41, 5.74) is 0.650. The van der Waals surface area contributed by atoms with Gasteiger partial charge in [-0.3, -0.25) is 4.79 Å². The fraction of sp³-hybridized carbons (Fsp3) is 0.562. The third kappa shape index (κ3) is 4.28. The van der Waals surface area contributed by atoms with Crippen LogP contribution in [0.1, 0.15) is 30.9 Å². The standard InChI is InChI=1S/C16H23BrN2O2/c1-18(2)11-14-5-3-4-10-19(14)16(21)15(20)12-6-8-13(17)9-7-12/h6-9,14-15,20H,3-5,10-11H2,1-2H3/t14-,15-/m1/s1. The van der Waals surface area contributed by atoms with E-state index in [4.69, 9.17) is 0 Å². The third-order valence-corrected chi connectivity index (χ3v) is 4.43. The van der Waals surface area contributed by atoms with Gasteiger partial charge in [-0.15, -0.1) is 0 Å². The van der Waals surface area contributed by atoms with Crippen molar-refractivity contribution in [2.45, 2.75) is 31.4 Å². The van der Waals surface area contributed by atoms with Crippen molar-refractivity contribution < 1.29 is 9.90 Å². The molecule has 2 rings (SSSR count). The Hall–Kier alpha value is -0.910. The lowest BCUT2D eigenvalue weighted by atomic mass is 9.99. The van der Waals surface area contributed by atoms with Gasteiger partial charge >= 0.3 is 0 Å². The van der Waals surface area contributed by atoms with Gasteiger partial charge in [0.2, 0.25) is 0 Å². The molecule has 21 heavy (non-hydrogen) atoms. The number of piperidine rings is 1. The number of aliphatic hydroxyl groups excluding tert-OH is 1. The highest BCUT2D eigenvalue weighted by atomic mass is 79.9. The predicted octanol–water partition coefficient (Wildman–Crippen LogP) is 2.43. The van der Waals surface area contributed by atoms with Gasteiger partial charge in [-0.1, -0.05) is 28.1 Å². The minimum Gasteiger partial charge on any atom is -0.378 e. The minimum absolute atomic E-state index is 0.177. The molecule has 1 aliphatic heterocycles. The summed E-state index contributed by atoms with van der Waals surface area (Å²) in [6.07, 6.45) is 2.11.